The minimum atomic E-state index is -4.58. The highest BCUT2D eigenvalue weighted by atomic mass is 19.4. The monoisotopic (exact) mass is 515 g/mol. The lowest BCUT2D eigenvalue weighted by Gasteiger charge is -2.16. The highest BCUT2D eigenvalue weighted by Gasteiger charge is 2.31. The topological polar surface area (TPSA) is 108 Å². The first kappa shape index (κ1) is 26.4. The number of alkyl halides is 3. The molecule has 1 atom stereocenters. The minimum Gasteiger partial charge on any atom is -0.476 e. The first-order valence-electron chi connectivity index (χ1n) is 11.9. The van der Waals surface area contributed by atoms with Crippen LogP contribution in [0.15, 0.2) is 48.7 Å². The van der Waals surface area contributed by atoms with E-state index in [0.29, 0.717) is 30.5 Å². The molecule has 3 heterocycles. The van der Waals surface area contributed by atoms with E-state index >= 15 is 0 Å². The summed E-state index contributed by atoms with van der Waals surface area (Å²) in [6, 6.07) is 10.6. The van der Waals surface area contributed by atoms with Crippen molar-refractivity contribution < 1.29 is 27.8 Å². The van der Waals surface area contributed by atoms with Gasteiger partial charge in [-0.05, 0) is 73.3 Å². The largest absolute Gasteiger partial charge is 0.476 e. The summed E-state index contributed by atoms with van der Waals surface area (Å²) in [4.78, 5) is 20.9. The van der Waals surface area contributed by atoms with Gasteiger partial charge in [0.1, 0.15) is 18.1 Å². The molecule has 11 heteroatoms. The molecule has 1 aromatic carbocycles. The van der Waals surface area contributed by atoms with Crippen LogP contribution in [0.5, 0.6) is 5.88 Å². The van der Waals surface area contributed by atoms with Crippen LogP contribution < -0.4 is 20.7 Å². The van der Waals surface area contributed by atoms with Crippen molar-refractivity contribution in [2.75, 3.05) is 36.9 Å². The Hall–Kier alpha value is -3.70. The van der Waals surface area contributed by atoms with E-state index in [2.05, 4.69) is 25.9 Å². The first-order chi connectivity index (χ1) is 17.7. The number of carbonyl (C=O) groups excluding carboxylic acids is 1. The molecule has 8 nitrogen and oxygen atoms in total. The number of aromatic nitrogens is 2. The second kappa shape index (κ2) is 11.6. The fourth-order valence-electron chi connectivity index (χ4n) is 4.03. The molecule has 1 saturated heterocycles. The molecule has 1 fully saturated rings. The van der Waals surface area contributed by atoms with Crippen LogP contribution in [0, 0.1) is 6.92 Å². The van der Waals surface area contributed by atoms with Crippen LogP contribution in [0.3, 0.4) is 0 Å². The number of benzene rings is 1. The van der Waals surface area contributed by atoms with E-state index in [1.165, 1.54) is 0 Å². The number of aliphatic hydroxyl groups is 1. The quantitative estimate of drug-likeness (QED) is 0.337. The van der Waals surface area contributed by atoms with Crippen molar-refractivity contribution in [3.8, 4) is 17.0 Å². The molecule has 3 aromatic rings. The SMILES string of the molecule is Cc1ccc(NC(=O)c2cc(C(F)(F)F)ccn2)cc1-c1cc(NCCO)nc(OCC2CCCN2)c1. The van der Waals surface area contributed by atoms with Gasteiger partial charge in [-0.3, -0.25) is 9.78 Å². The van der Waals surface area contributed by atoms with Gasteiger partial charge in [0, 0.05) is 30.5 Å². The minimum absolute atomic E-state index is 0.0712. The predicted octanol–water partition coefficient (Wildman–Crippen LogP) is 4.26. The third-order valence-corrected chi connectivity index (χ3v) is 5.94. The van der Waals surface area contributed by atoms with E-state index in [1.54, 1.807) is 30.3 Å². The average Bonchev–Trinajstić information content (AvgIpc) is 3.40. The third-order valence-electron chi connectivity index (χ3n) is 5.94. The van der Waals surface area contributed by atoms with E-state index in [4.69, 9.17) is 4.74 Å². The van der Waals surface area contributed by atoms with E-state index in [0.717, 1.165) is 54.4 Å². The zero-order valence-corrected chi connectivity index (χ0v) is 20.2. The molecular formula is C26H28F3N5O3. The maximum Gasteiger partial charge on any atom is 0.416 e. The van der Waals surface area contributed by atoms with Crippen LogP contribution in [-0.4, -0.2) is 53.3 Å². The van der Waals surface area contributed by atoms with Crippen molar-refractivity contribution in [1.29, 1.82) is 0 Å². The van der Waals surface area contributed by atoms with Crippen molar-refractivity contribution >= 4 is 17.4 Å². The van der Waals surface area contributed by atoms with E-state index < -0.39 is 17.6 Å². The van der Waals surface area contributed by atoms with Crippen LogP contribution in [0.1, 0.15) is 34.5 Å². The lowest BCUT2D eigenvalue weighted by molar-refractivity contribution is -0.137. The fraction of sp³-hybridized carbons (Fsp3) is 0.346. The number of aliphatic hydroxyl groups excluding tert-OH is 1. The summed E-state index contributed by atoms with van der Waals surface area (Å²) in [5, 5.41) is 18.3. The highest BCUT2D eigenvalue weighted by Crippen LogP contribution is 2.32. The molecule has 4 rings (SSSR count). The first-order valence-corrected chi connectivity index (χ1v) is 11.9. The smallest absolute Gasteiger partial charge is 0.416 e. The van der Waals surface area contributed by atoms with Crippen molar-refractivity contribution in [3.05, 3.63) is 65.5 Å². The Kier molecular flexibility index (Phi) is 8.24. The van der Waals surface area contributed by atoms with Gasteiger partial charge in [-0.1, -0.05) is 6.07 Å². The van der Waals surface area contributed by atoms with Gasteiger partial charge in [0.05, 0.1) is 12.2 Å². The molecule has 4 N–H and O–H groups in total. The van der Waals surface area contributed by atoms with Crippen LogP contribution in [0.2, 0.25) is 0 Å². The summed E-state index contributed by atoms with van der Waals surface area (Å²) in [6.07, 6.45) is -1.50. The normalized spacial score (nSPS) is 15.4. The Labute approximate surface area is 212 Å². The maximum absolute atomic E-state index is 13.0. The Morgan fingerprint density at radius 2 is 2.05 bits per heavy atom. The molecule has 1 unspecified atom stereocenters. The zero-order valence-electron chi connectivity index (χ0n) is 20.2. The molecule has 196 valence electrons. The number of hydrogen-bond acceptors (Lipinski definition) is 7. The number of hydrogen-bond donors (Lipinski definition) is 4. The van der Waals surface area contributed by atoms with Gasteiger partial charge in [-0.2, -0.15) is 18.2 Å². The van der Waals surface area contributed by atoms with Crippen LogP contribution in [-0.2, 0) is 6.18 Å². The number of rotatable bonds is 9. The van der Waals surface area contributed by atoms with Gasteiger partial charge >= 0.3 is 6.18 Å². The fourth-order valence-corrected chi connectivity index (χ4v) is 4.03. The van der Waals surface area contributed by atoms with Gasteiger partial charge in [0.15, 0.2) is 0 Å². The number of carbonyl (C=O) groups is 1. The van der Waals surface area contributed by atoms with E-state index in [9.17, 15) is 23.1 Å². The summed E-state index contributed by atoms with van der Waals surface area (Å²) in [5.74, 6) is 0.172. The number of ether oxygens (including phenoxy) is 1. The Bertz CT molecular complexity index is 1250. The van der Waals surface area contributed by atoms with Gasteiger partial charge in [-0.25, -0.2) is 0 Å². The van der Waals surface area contributed by atoms with Crippen LogP contribution in [0.4, 0.5) is 24.7 Å². The van der Waals surface area contributed by atoms with Crippen molar-refractivity contribution in [1.82, 2.24) is 15.3 Å². The van der Waals surface area contributed by atoms with Crippen LogP contribution in [0.25, 0.3) is 11.1 Å². The molecule has 1 amide bonds. The maximum atomic E-state index is 13.0. The third kappa shape index (κ3) is 6.95. The second-order valence-corrected chi connectivity index (χ2v) is 8.75. The Morgan fingerprint density at radius 1 is 1.22 bits per heavy atom. The number of pyridine rings is 2. The molecule has 0 radical (unpaired) electrons. The molecule has 1 aliphatic heterocycles. The molecule has 0 bridgehead atoms. The molecular weight excluding hydrogens is 487 g/mol. The number of aryl methyl sites for hydroxylation is 1. The molecule has 2 aromatic heterocycles. The van der Waals surface area contributed by atoms with Gasteiger partial charge in [-0.15, -0.1) is 0 Å². The Morgan fingerprint density at radius 3 is 2.78 bits per heavy atom. The number of nitrogens with zero attached hydrogens (tertiary/aromatic N) is 2. The van der Waals surface area contributed by atoms with Crippen molar-refractivity contribution in [2.24, 2.45) is 0 Å². The summed E-state index contributed by atoms with van der Waals surface area (Å²) in [5.41, 5.74) is 1.54. The highest BCUT2D eigenvalue weighted by molar-refractivity contribution is 6.03. The average molecular weight is 516 g/mol. The second-order valence-electron chi connectivity index (χ2n) is 8.75. The van der Waals surface area contributed by atoms with Gasteiger partial charge in [0.25, 0.3) is 5.91 Å². The number of anilines is 2. The summed E-state index contributed by atoms with van der Waals surface area (Å²) in [7, 11) is 0. The lowest BCUT2D eigenvalue weighted by atomic mass is 10.0. The molecule has 0 saturated carbocycles. The summed E-state index contributed by atoms with van der Waals surface area (Å²) >= 11 is 0. The number of halogens is 3. The van der Waals surface area contributed by atoms with E-state index in [-0.39, 0.29) is 18.3 Å². The Balaban J connectivity index is 1.59. The van der Waals surface area contributed by atoms with Crippen LogP contribution >= 0.6 is 0 Å². The number of amides is 1. The molecule has 37 heavy (non-hydrogen) atoms. The van der Waals surface area contributed by atoms with Gasteiger partial charge < -0.3 is 25.8 Å². The summed E-state index contributed by atoms with van der Waals surface area (Å²) < 4.78 is 45.1. The molecule has 0 spiro atoms. The van der Waals surface area contributed by atoms with Crippen molar-refractivity contribution in [2.45, 2.75) is 32.0 Å². The molecule has 0 aliphatic carbocycles. The zero-order chi connectivity index (χ0) is 26.4. The van der Waals surface area contributed by atoms with Crippen molar-refractivity contribution in [3.63, 3.8) is 0 Å². The summed E-state index contributed by atoms with van der Waals surface area (Å²) in [6.45, 7) is 3.56. The van der Waals surface area contributed by atoms with Gasteiger partial charge in [0.2, 0.25) is 5.88 Å². The van der Waals surface area contributed by atoms with E-state index in [1.807, 2.05) is 6.92 Å². The lowest BCUT2D eigenvalue weighted by Crippen LogP contribution is -2.28. The standard InChI is InChI=1S/C26H28F3N5O3/c1-16-4-5-19(33-25(36)22-13-18(6-8-31-22)26(27,28)29)14-21(16)17-11-23(32-9-10-35)34-24(12-17)37-15-20-3-2-7-30-20/h4-6,8,11-14,20,30,35H,2-3,7,9-10,15H2,1H3,(H,32,34)(H,33,36). The number of nitrogens with one attached hydrogen (secondary N) is 3. The predicted molar refractivity (Wildman–Crippen MR) is 134 cm³/mol. The molecule has 1 aliphatic rings.